The maximum Gasteiger partial charge on any atom is 0.358 e. The number of thiazole rings is 1. The fraction of sp³-hybridized carbons (Fsp3) is 0.426. The summed E-state index contributed by atoms with van der Waals surface area (Å²) in [5, 5.41) is 3.58. The van der Waals surface area contributed by atoms with Crippen molar-refractivity contribution in [3.63, 3.8) is 0 Å². The fourth-order valence-electron chi connectivity index (χ4n) is 8.18. The highest BCUT2D eigenvalue weighted by Gasteiger charge is 2.29. The maximum absolute atomic E-state index is 13.9. The average molecular weight is 818 g/mol. The predicted molar refractivity (Wildman–Crippen MR) is 233 cm³/mol. The largest absolute Gasteiger partial charge is 0.494 e. The molecule has 2 aliphatic rings. The maximum atomic E-state index is 13.9. The monoisotopic (exact) mass is 817 g/mol. The lowest BCUT2D eigenvalue weighted by Gasteiger charge is -2.37. The number of ether oxygens (including phenoxy) is 3. The third kappa shape index (κ3) is 10.3. The second-order valence-corrected chi connectivity index (χ2v) is 17.6. The Hall–Kier alpha value is -5.33. The Morgan fingerprint density at radius 3 is 2.54 bits per heavy atom. The number of aryl methyl sites for hydroxylation is 1. The summed E-state index contributed by atoms with van der Waals surface area (Å²) in [5.41, 5.74) is 5.53. The van der Waals surface area contributed by atoms with Crippen LogP contribution >= 0.6 is 11.3 Å². The summed E-state index contributed by atoms with van der Waals surface area (Å²) in [4.78, 5) is 53.4. The van der Waals surface area contributed by atoms with Crippen molar-refractivity contribution in [1.82, 2.24) is 14.9 Å². The average Bonchev–Trinajstić information content (AvgIpc) is 3.62. The summed E-state index contributed by atoms with van der Waals surface area (Å²) in [6.07, 6.45) is 4.88. The molecule has 5 aromatic rings. The first-order chi connectivity index (χ1) is 28.3. The molecule has 310 valence electrons. The van der Waals surface area contributed by atoms with Gasteiger partial charge in [0.25, 0.3) is 5.91 Å². The molecule has 1 saturated heterocycles. The predicted octanol–water partition coefficient (Wildman–Crippen LogP) is 9.26. The van der Waals surface area contributed by atoms with Gasteiger partial charge in [0.1, 0.15) is 17.2 Å². The van der Waals surface area contributed by atoms with Gasteiger partial charge in [0.15, 0.2) is 10.8 Å². The SMILES string of the molecule is CCOC(=O)CN1CC[C@H](CCCOc2ccc(-c3ccc(N4CCc5cccc(C(=O)Nc6nc7ccccc7s6)c5C4)nc3C(=O)OC(C)(C)C)c(C)c2)C[C@@H]1C. The molecule has 0 spiro atoms. The minimum atomic E-state index is -0.716. The number of rotatable bonds is 13. The van der Waals surface area contributed by atoms with Crippen molar-refractivity contribution < 1.29 is 28.6 Å². The van der Waals surface area contributed by atoms with E-state index in [0.717, 1.165) is 76.9 Å². The number of hydrogen-bond acceptors (Lipinski definition) is 11. The summed E-state index contributed by atoms with van der Waals surface area (Å²) in [6, 6.07) is 23.9. The van der Waals surface area contributed by atoms with Crippen LogP contribution in [0.15, 0.2) is 72.8 Å². The summed E-state index contributed by atoms with van der Waals surface area (Å²) in [7, 11) is 0. The van der Waals surface area contributed by atoms with Crippen molar-refractivity contribution in [2.45, 2.75) is 91.8 Å². The molecule has 11 nitrogen and oxygen atoms in total. The van der Waals surface area contributed by atoms with E-state index >= 15 is 0 Å². The van der Waals surface area contributed by atoms with E-state index < -0.39 is 11.6 Å². The number of hydrogen-bond donors (Lipinski definition) is 1. The van der Waals surface area contributed by atoms with Gasteiger partial charge in [-0.15, -0.1) is 0 Å². The molecule has 3 aromatic carbocycles. The van der Waals surface area contributed by atoms with Gasteiger partial charge in [-0.25, -0.2) is 14.8 Å². The Kier molecular flexibility index (Phi) is 13.0. The van der Waals surface area contributed by atoms with E-state index in [1.165, 1.54) is 11.3 Å². The minimum Gasteiger partial charge on any atom is -0.494 e. The lowest BCUT2D eigenvalue weighted by molar-refractivity contribution is -0.145. The first-order valence-corrected chi connectivity index (χ1v) is 21.6. The second-order valence-electron chi connectivity index (χ2n) is 16.6. The van der Waals surface area contributed by atoms with Gasteiger partial charge in [-0.3, -0.25) is 19.8 Å². The smallest absolute Gasteiger partial charge is 0.358 e. The normalized spacial score (nSPS) is 17.0. The van der Waals surface area contributed by atoms with Crippen LogP contribution in [0, 0.1) is 12.8 Å². The van der Waals surface area contributed by atoms with Gasteiger partial charge < -0.3 is 19.1 Å². The number of likely N-dealkylation sites (tertiary alicyclic amines) is 1. The van der Waals surface area contributed by atoms with Crippen LogP contribution in [0.3, 0.4) is 0 Å². The Morgan fingerprint density at radius 1 is 0.966 bits per heavy atom. The molecular formula is C47H55N5O6S. The Labute approximate surface area is 351 Å². The summed E-state index contributed by atoms with van der Waals surface area (Å²) in [5.74, 6) is 1.17. The van der Waals surface area contributed by atoms with Crippen LogP contribution < -0.4 is 15.0 Å². The van der Waals surface area contributed by atoms with Crippen LogP contribution in [0.25, 0.3) is 21.3 Å². The molecule has 0 saturated carbocycles. The van der Waals surface area contributed by atoms with E-state index in [4.69, 9.17) is 19.2 Å². The molecule has 2 aliphatic heterocycles. The zero-order valence-corrected chi connectivity index (χ0v) is 35.8. The van der Waals surface area contributed by atoms with E-state index in [1.807, 2.05) is 101 Å². The van der Waals surface area contributed by atoms with Crippen molar-refractivity contribution in [1.29, 1.82) is 0 Å². The number of para-hydroxylation sites is 1. The minimum absolute atomic E-state index is 0.147. The molecule has 0 bridgehead atoms. The van der Waals surface area contributed by atoms with Crippen LogP contribution in [-0.4, -0.2) is 77.2 Å². The van der Waals surface area contributed by atoms with E-state index in [0.29, 0.717) is 66.9 Å². The van der Waals surface area contributed by atoms with E-state index in [9.17, 15) is 14.4 Å². The molecule has 0 aliphatic carbocycles. The standard InChI is InChI=1S/C47H55N5O6S/c1-7-56-42(53)29-51-23-21-32(27-31(51)3)12-11-25-57-34-17-18-35(30(2)26-34)36-19-20-41(49-43(36)45(55)58-47(4,5)6)52-24-22-33-13-10-14-37(38(33)28-52)44(54)50-46-48-39-15-8-9-16-40(39)59-46/h8-10,13-20,26,31-32H,7,11-12,21-25,27-29H2,1-6H3,(H,48,50,54)/t31-,32-/m0/s1. The Morgan fingerprint density at radius 2 is 1.78 bits per heavy atom. The highest BCUT2D eigenvalue weighted by atomic mass is 32.1. The number of benzene rings is 3. The Balaban J connectivity index is 1.03. The van der Waals surface area contributed by atoms with Crippen molar-refractivity contribution in [3.05, 3.63) is 101 Å². The molecule has 59 heavy (non-hydrogen) atoms. The van der Waals surface area contributed by atoms with Crippen LogP contribution in [0.2, 0.25) is 0 Å². The number of esters is 2. The van der Waals surface area contributed by atoms with Gasteiger partial charge in [-0.2, -0.15) is 0 Å². The zero-order chi connectivity index (χ0) is 41.7. The van der Waals surface area contributed by atoms with Crippen molar-refractivity contribution in [2.75, 3.05) is 43.1 Å². The molecular weight excluding hydrogens is 763 g/mol. The molecule has 1 fully saturated rings. The zero-order valence-electron chi connectivity index (χ0n) is 35.0. The number of fused-ring (bicyclic) bond motifs is 2. The molecule has 2 aromatic heterocycles. The molecule has 12 heteroatoms. The van der Waals surface area contributed by atoms with Crippen LogP contribution in [0.5, 0.6) is 5.75 Å². The van der Waals surface area contributed by atoms with E-state index in [2.05, 4.69) is 33.1 Å². The number of piperidine rings is 1. The number of carbonyl (C=O) groups excluding carboxylic acids is 3. The third-order valence-electron chi connectivity index (χ3n) is 11.1. The van der Waals surface area contributed by atoms with Gasteiger partial charge >= 0.3 is 11.9 Å². The summed E-state index contributed by atoms with van der Waals surface area (Å²) < 4.78 is 18.3. The van der Waals surface area contributed by atoms with Crippen molar-refractivity contribution >= 4 is 50.3 Å². The summed E-state index contributed by atoms with van der Waals surface area (Å²) in [6.45, 7) is 15.0. The van der Waals surface area contributed by atoms with Gasteiger partial charge in [-0.1, -0.05) is 41.7 Å². The first-order valence-electron chi connectivity index (χ1n) is 20.8. The molecule has 0 unspecified atom stereocenters. The summed E-state index contributed by atoms with van der Waals surface area (Å²) >= 11 is 1.45. The molecule has 7 rings (SSSR count). The van der Waals surface area contributed by atoms with Crippen LogP contribution in [0.1, 0.15) is 97.8 Å². The van der Waals surface area contributed by atoms with E-state index in [1.54, 1.807) is 0 Å². The lowest BCUT2D eigenvalue weighted by atomic mass is 9.88. The number of anilines is 2. The lowest BCUT2D eigenvalue weighted by Crippen LogP contribution is -2.43. The third-order valence-corrected chi connectivity index (χ3v) is 12.1. The van der Waals surface area contributed by atoms with Gasteiger partial charge in [0.2, 0.25) is 0 Å². The number of nitrogens with one attached hydrogen (secondary N) is 1. The fourth-order valence-corrected chi connectivity index (χ4v) is 9.04. The Bertz CT molecular complexity index is 2290. The topological polar surface area (TPSA) is 123 Å². The molecule has 0 radical (unpaired) electrons. The van der Waals surface area contributed by atoms with Crippen molar-refractivity contribution in [2.24, 2.45) is 5.92 Å². The number of amides is 1. The highest BCUT2D eigenvalue weighted by molar-refractivity contribution is 7.22. The molecule has 4 heterocycles. The highest BCUT2D eigenvalue weighted by Crippen LogP contribution is 2.34. The second kappa shape index (κ2) is 18.3. The number of pyridine rings is 1. The van der Waals surface area contributed by atoms with Gasteiger partial charge in [0.05, 0.1) is 30.0 Å². The molecule has 1 N–H and O–H groups in total. The molecule has 1 amide bonds. The van der Waals surface area contributed by atoms with Gasteiger partial charge in [0, 0.05) is 30.3 Å². The van der Waals surface area contributed by atoms with Crippen LogP contribution in [0.4, 0.5) is 10.9 Å². The quantitative estimate of drug-likeness (QED) is 0.0909. The number of nitrogens with zero attached hydrogens (tertiary/aromatic N) is 4. The van der Waals surface area contributed by atoms with Crippen molar-refractivity contribution in [3.8, 4) is 16.9 Å². The molecule has 2 atom stereocenters. The van der Waals surface area contributed by atoms with E-state index in [-0.39, 0.29) is 17.6 Å². The number of aromatic nitrogens is 2. The van der Waals surface area contributed by atoms with Crippen LogP contribution in [-0.2, 0) is 27.2 Å². The van der Waals surface area contributed by atoms with Gasteiger partial charge in [-0.05, 0) is 151 Å². The first kappa shape index (κ1) is 41.8. The number of carbonyl (C=O) groups is 3.